The van der Waals surface area contributed by atoms with Gasteiger partial charge in [0.1, 0.15) is 0 Å². The van der Waals surface area contributed by atoms with Gasteiger partial charge >= 0.3 is 5.76 Å². The Balaban J connectivity index is 1.38. The predicted molar refractivity (Wildman–Crippen MR) is 125 cm³/mol. The normalized spacial score (nSPS) is 11.7. The van der Waals surface area contributed by atoms with Gasteiger partial charge in [-0.1, -0.05) is 42.5 Å². The van der Waals surface area contributed by atoms with Crippen LogP contribution in [0.15, 0.2) is 93.0 Å². The fourth-order valence-corrected chi connectivity index (χ4v) is 4.64. The number of aromatic nitrogens is 1. The number of amides is 1. The summed E-state index contributed by atoms with van der Waals surface area (Å²) in [6, 6.07) is 22.3. The Morgan fingerprint density at radius 1 is 0.970 bits per heavy atom. The van der Waals surface area contributed by atoms with E-state index in [0.717, 1.165) is 5.56 Å². The molecule has 0 aliphatic carbocycles. The molecule has 1 N–H and O–H groups in total. The minimum absolute atomic E-state index is 0.0588. The van der Waals surface area contributed by atoms with Crippen molar-refractivity contribution in [2.45, 2.75) is 24.4 Å². The summed E-state index contributed by atoms with van der Waals surface area (Å²) in [7, 11) is -2.15. The van der Waals surface area contributed by atoms with E-state index in [2.05, 4.69) is 5.32 Å². The molecular weight excluding hydrogens is 442 g/mol. The highest BCUT2D eigenvalue weighted by atomic mass is 32.2. The quantitative estimate of drug-likeness (QED) is 0.430. The zero-order valence-corrected chi connectivity index (χ0v) is 18.8. The Kier molecular flexibility index (Phi) is 6.43. The average molecular weight is 466 g/mol. The fraction of sp³-hybridized carbons (Fsp3) is 0.167. The SMILES string of the molecule is CN(Cc1ccccc1)S(=O)(=O)c1ccc(NC(=O)CCn2c(=O)oc3ccccc32)cc1. The molecule has 170 valence electrons. The minimum Gasteiger partial charge on any atom is -0.408 e. The van der Waals surface area contributed by atoms with Crippen LogP contribution in [0.5, 0.6) is 0 Å². The molecule has 1 heterocycles. The summed E-state index contributed by atoms with van der Waals surface area (Å²) in [6.45, 7) is 0.419. The highest BCUT2D eigenvalue weighted by Crippen LogP contribution is 2.19. The van der Waals surface area contributed by atoms with Gasteiger partial charge in [-0.25, -0.2) is 13.2 Å². The zero-order valence-electron chi connectivity index (χ0n) is 18.0. The molecule has 9 heteroatoms. The summed E-state index contributed by atoms with van der Waals surface area (Å²) in [6.07, 6.45) is 0.0588. The Labute approximate surface area is 191 Å². The summed E-state index contributed by atoms with van der Waals surface area (Å²) in [5.41, 5.74) is 2.45. The number of anilines is 1. The van der Waals surface area contributed by atoms with Gasteiger partial charge in [-0.2, -0.15) is 4.31 Å². The number of sulfonamides is 1. The first-order valence-corrected chi connectivity index (χ1v) is 11.8. The lowest BCUT2D eigenvalue weighted by Crippen LogP contribution is -2.26. The highest BCUT2D eigenvalue weighted by Gasteiger charge is 2.21. The third kappa shape index (κ3) is 5.05. The molecule has 0 atom stereocenters. The molecule has 0 bridgehead atoms. The third-order valence-electron chi connectivity index (χ3n) is 5.23. The van der Waals surface area contributed by atoms with Crippen molar-refractivity contribution in [3.8, 4) is 0 Å². The first kappa shape index (κ1) is 22.5. The summed E-state index contributed by atoms with van der Waals surface area (Å²) in [5, 5.41) is 2.73. The molecule has 4 rings (SSSR count). The lowest BCUT2D eigenvalue weighted by atomic mass is 10.2. The van der Waals surface area contributed by atoms with Crippen LogP contribution in [0.3, 0.4) is 0 Å². The van der Waals surface area contributed by atoms with Gasteiger partial charge in [0.05, 0.1) is 10.4 Å². The maximum Gasteiger partial charge on any atom is 0.419 e. The van der Waals surface area contributed by atoms with Crippen LogP contribution in [-0.4, -0.2) is 30.2 Å². The Bertz CT molecular complexity index is 1420. The van der Waals surface area contributed by atoms with Crippen LogP contribution in [0, 0.1) is 0 Å². The summed E-state index contributed by atoms with van der Waals surface area (Å²) in [4.78, 5) is 24.5. The van der Waals surface area contributed by atoms with Crippen LogP contribution in [-0.2, 0) is 27.9 Å². The molecule has 0 unspecified atom stereocenters. The maximum absolute atomic E-state index is 12.8. The molecule has 0 aliphatic heterocycles. The molecule has 1 amide bonds. The third-order valence-corrected chi connectivity index (χ3v) is 7.05. The van der Waals surface area contributed by atoms with E-state index in [9.17, 15) is 18.0 Å². The van der Waals surface area contributed by atoms with Crippen LogP contribution >= 0.6 is 0 Å². The van der Waals surface area contributed by atoms with Crippen LogP contribution in [0.2, 0.25) is 0 Å². The van der Waals surface area contributed by atoms with Crippen molar-refractivity contribution in [3.05, 3.63) is 95.0 Å². The van der Waals surface area contributed by atoms with E-state index in [4.69, 9.17) is 4.42 Å². The monoisotopic (exact) mass is 465 g/mol. The number of hydrogen-bond acceptors (Lipinski definition) is 5. The molecule has 3 aromatic carbocycles. The van der Waals surface area contributed by atoms with Gasteiger partial charge in [0.25, 0.3) is 0 Å². The Morgan fingerprint density at radius 3 is 2.36 bits per heavy atom. The lowest BCUT2D eigenvalue weighted by Gasteiger charge is -2.17. The first-order valence-electron chi connectivity index (χ1n) is 10.3. The number of benzene rings is 3. The van der Waals surface area contributed by atoms with Gasteiger partial charge in [0.15, 0.2) is 5.58 Å². The largest absolute Gasteiger partial charge is 0.419 e. The minimum atomic E-state index is -3.68. The van der Waals surface area contributed by atoms with Crippen molar-refractivity contribution in [2.75, 3.05) is 12.4 Å². The van der Waals surface area contributed by atoms with E-state index in [1.54, 1.807) is 36.4 Å². The predicted octanol–water partition coefficient (Wildman–Crippen LogP) is 3.44. The van der Waals surface area contributed by atoms with E-state index in [1.165, 1.54) is 28.1 Å². The van der Waals surface area contributed by atoms with Crippen molar-refractivity contribution in [3.63, 3.8) is 0 Å². The molecule has 0 saturated heterocycles. The van der Waals surface area contributed by atoms with Gasteiger partial charge in [-0.05, 0) is 42.0 Å². The lowest BCUT2D eigenvalue weighted by molar-refractivity contribution is -0.116. The molecule has 0 spiro atoms. The highest BCUT2D eigenvalue weighted by molar-refractivity contribution is 7.89. The second kappa shape index (κ2) is 9.43. The van der Waals surface area contributed by atoms with Crippen LogP contribution in [0.4, 0.5) is 5.69 Å². The number of fused-ring (bicyclic) bond motifs is 1. The summed E-state index contributed by atoms with van der Waals surface area (Å²) in [5.74, 6) is -0.817. The maximum atomic E-state index is 12.8. The van der Waals surface area contributed by atoms with Crippen molar-refractivity contribution >= 4 is 32.7 Å². The number of nitrogens with one attached hydrogen (secondary N) is 1. The number of carbonyl (C=O) groups is 1. The molecule has 0 saturated carbocycles. The van der Waals surface area contributed by atoms with E-state index in [-0.39, 0.29) is 30.3 Å². The molecule has 0 fully saturated rings. The van der Waals surface area contributed by atoms with Gasteiger partial charge in [-0.3, -0.25) is 9.36 Å². The number of hydrogen-bond donors (Lipinski definition) is 1. The molecule has 33 heavy (non-hydrogen) atoms. The van der Waals surface area contributed by atoms with E-state index in [0.29, 0.717) is 16.8 Å². The zero-order chi connectivity index (χ0) is 23.4. The van der Waals surface area contributed by atoms with Gasteiger partial charge in [0.2, 0.25) is 15.9 Å². The summed E-state index contributed by atoms with van der Waals surface area (Å²) >= 11 is 0. The van der Waals surface area contributed by atoms with Gasteiger partial charge in [0, 0.05) is 32.2 Å². The number of para-hydroxylation sites is 2. The van der Waals surface area contributed by atoms with Crippen LogP contribution < -0.4 is 11.1 Å². The topological polar surface area (TPSA) is 102 Å². The van der Waals surface area contributed by atoms with Crippen molar-refractivity contribution in [1.29, 1.82) is 0 Å². The average Bonchev–Trinajstić information content (AvgIpc) is 3.13. The molecule has 4 aromatic rings. The number of carbonyl (C=O) groups excluding carboxylic acids is 1. The van der Waals surface area contributed by atoms with Crippen LogP contribution in [0.25, 0.3) is 11.1 Å². The van der Waals surface area contributed by atoms with Crippen molar-refractivity contribution in [1.82, 2.24) is 8.87 Å². The molecule has 0 radical (unpaired) electrons. The molecule has 8 nitrogen and oxygen atoms in total. The molecular formula is C24H23N3O5S. The second-order valence-electron chi connectivity index (χ2n) is 7.56. The Morgan fingerprint density at radius 2 is 1.64 bits per heavy atom. The molecule has 0 aliphatic rings. The van der Waals surface area contributed by atoms with Crippen LogP contribution in [0.1, 0.15) is 12.0 Å². The number of oxazole rings is 1. The standard InChI is InChI=1S/C24H23N3O5S/c1-26(17-18-7-3-2-4-8-18)33(30,31)20-13-11-19(12-14-20)25-23(28)15-16-27-21-9-5-6-10-22(21)32-24(27)29/h2-14H,15-17H2,1H3,(H,25,28). The fourth-order valence-electron chi connectivity index (χ4n) is 3.48. The van der Waals surface area contributed by atoms with E-state index in [1.807, 2.05) is 30.3 Å². The van der Waals surface area contributed by atoms with Gasteiger partial charge < -0.3 is 9.73 Å². The summed E-state index contributed by atoms with van der Waals surface area (Å²) < 4.78 is 33.5. The molecule has 1 aromatic heterocycles. The van der Waals surface area contributed by atoms with E-state index >= 15 is 0 Å². The first-order chi connectivity index (χ1) is 15.8. The van der Waals surface area contributed by atoms with Gasteiger partial charge in [-0.15, -0.1) is 0 Å². The second-order valence-corrected chi connectivity index (χ2v) is 9.60. The van der Waals surface area contributed by atoms with Crippen molar-refractivity contribution < 1.29 is 17.6 Å². The number of aryl methyl sites for hydroxylation is 1. The van der Waals surface area contributed by atoms with Crippen molar-refractivity contribution in [2.24, 2.45) is 0 Å². The Hall–Kier alpha value is -3.69. The smallest absolute Gasteiger partial charge is 0.408 e. The van der Waals surface area contributed by atoms with E-state index < -0.39 is 15.8 Å². The number of rotatable bonds is 8. The number of nitrogens with zero attached hydrogens (tertiary/aromatic N) is 2.